The minimum Gasteiger partial charge on any atom is -0.383 e. The van der Waals surface area contributed by atoms with Crippen molar-refractivity contribution in [3.8, 4) is 0 Å². The Morgan fingerprint density at radius 1 is 1.21 bits per heavy atom. The number of fused-ring (bicyclic) bond motifs is 2. The zero-order chi connectivity index (χ0) is 9.54. The average Bonchev–Trinajstić information content (AvgIpc) is 2.62. The predicted octanol–water partition coefficient (Wildman–Crippen LogP) is 1.10. The number of aryl methyl sites for hydroxylation is 2. The normalized spacial score (nSPS) is 14.6. The van der Waals surface area contributed by atoms with Crippen molar-refractivity contribution in [1.82, 2.24) is 15.0 Å². The molecule has 0 bridgehead atoms. The number of nitrogens with two attached hydrogens (primary N) is 1. The van der Waals surface area contributed by atoms with E-state index in [1.54, 1.807) is 0 Å². The maximum Gasteiger partial charge on any atom is 0.164 e. The summed E-state index contributed by atoms with van der Waals surface area (Å²) in [4.78, 5) is 12.6. The predicted molar refractivity (Wildman–Crippen MR) is 53.8 cm³/mol. The maximum atomic E-state index is 5.76. The van der Waals surface area contributed by atoms with E-state index < -0.39 is 0 Å². The van der Waals surface area contributed by atoms with E-state index in [0.29, 0.717) is 5.82 Å². The minimum absolute atomic E-state index is 0.525. The van der Waals surface area contributed by atoms with Crippen molar-refractivity contribution in [2.24, 2.45) is 0 Å². The molecular formula is C10H10N4. The Hall–Kier alpha value is -1.71. The van der Waals surface area contributed by atoms with E-state index in [1.165, 1.54) is 24.0 Å². The molecule has 1 aliphatic carbocycles. The van der Waals surface area contributed by atoms with Gasteiger partial charge in [0.05, 0.1) is 5.39 Å². The molecule has 0 atom stereocenters. The van der Waals surface area contributed by atoms with Crippen LogP contribution >= 0.6 is 0 Å². The molecule has 2 aromatic heterocycles. The molecule has 3 rings (SSSR count). The highest BCUT2D eigenvalue weighted by atomic mass is 15.0. The summed E-state index contributed by atoms with van der Waals surface area (Å²) in [6, 6.07) is 2.08. The molecule has 0 unspecified atom stereocenters. The molecule has 0 saturated carbocycles. The number of pyridine rings is 1. The molecule has 2 N–H and O–H groups in total. The first kappa shape index (κ1) is 7.67. The van der Waals surface area contributed by atoms with Crippen LogP contribution in [0.4, 0.5) is 5.82 Å². The molecule has 0 fully saturated rings. The lowest BCUT2D eigenvalue weighted by Crippen LogP contribution is -1.97. The van der Waals surface area contributed by atoms with Gasteiger partial charge < -0.3 is 5.73 Å². The molecule has 2 aromatic rings. The molecule has 0 aromatic carbocycles. The van der Waals surface area contributed by atoms with E-state index >= 15 is 0 Å². The number of aromatic nitrogens is 3. The summed E-state index contributed by atoms with van der Waals surface area (Å²) in [5.41, 5.74) is 8.96. The van der Waals surface area contributed by atoms with Gasteiger partial charge >= 0.3 is 0 Å². The molecule has 0 spiro atoms. The lowest BCUT2D eigenvalue weighted by Gasteiger charge is -2.02. The molecule has 0 aliphatic heterocycles. The second-order valence-electron chi connectivity index (χ2n) is 3.58. The van der Waals surface area contributed by atoms with Crippen molar-refractivity contribution in [2.75, 3.05) is 5.73 Å². The van der Waals surface area contributed by atoms with Gasteiger partial charge in [-0.05, 0) is 30.9 Å². The number of anilines is 1. The van der Waals surface area contributed by atoms with E-state index in [2.05, 4.69) is 21.0 Å². The number of rotatable bonds is 0. The van der Waals surface area contributed by atoms with Crippen LogP contribution in [0, 0.1) is 0 Å². The lowest BCUT2D eigenvalue weighted by atomic mass is 10.2. The minimum atomic E-state index is 0.525. The molecule has 2 heterocycles. The fourth-order valence-corrected chi connectivity index (χ4v) is 1.96. The van der Waals surface area contributed by atoms with Crippen LogP contribution in [0.25, 0.3) is 11.0 Å². The summed E-state index contributed by atoms with van der Waals surface area (Å²) in [5, 5.41) is 0.883. The van der Waals surface area contributed by atoms with Gasteiger partial charge in [0.2, 0.25) is 0 Å². The van der Waals surface area contributed by atoms with Crippen LogP contribution in [-0.4, -0.2) is 15.0 Å². The van der Waals surface area contributed by atoms with Crippen LogP contribution in [0.3, 0.4) is 0 Å². The van der Waals surface area contributed by atoms with Crippen molar-refractivity contribution in [3.63, 3.8) is 0 Å². The summed E-state index contributed by atoms with van der Waals surface area (Å²) >= 11 is 0. The first-order valence-corrected chi connectivity index (χ1v) is 4.73. The monoisotopic (exact) mass is 186 g/mol. The summed E-state index contributed by atoms with van der Waals surface area (Å²) in [5.74, 6) is 0.525. The molecule has 0 amide bonds. The average molecular weight is 186 g/mol. The summed E-state index contributed by atoms with van der Waals surface area (Å²) in [7, 11) is 0. The zero-order valence-corrected chi connectivity index (χ0v) is 7.70. The first-order valence-electron chi connectivity index (χ1n) is 4.73. The van der Waals surface area contributed by atoms with Crippen molar-refractivity contribution < 1.29 is 0 Å². The lowest BCUT2D eigenvalue weighted by molar-refractivity contribution is 0.900. The Kier molecular flexibility index (Phi) is 1.45. The van der Waals surface area contributed by atoms with Gasteiger partial charge in [-0.1, -0.05) is 0 Å². The maximum absolute atomic E-state index is 5.76. The third-order valence-electron chi connectivity index (χ3n) is 2.68. The zero-order valence-electron chi connectivity index (χ0n) is 7.70. The second kappa shape index (κ2) is 2.64. The van der Waals surface area contributed by atoms with Gasteiger partial charge in [0, 0.05) is 5.69 Å². The van der Waals surface area contributed by atoms with Crippen LogP contribution < -0.4 is 5.73 Å². The largest absolute Gasteiger partial charge is 0.383 e. The summed E-state index contributed by atoms with van der Waals surface area (Å²) in [6.45, 7) is 0. The highest BCUT2D eigenvalue weighted by Crippen LogP contribution is 2.25. The van der Waals surface area contributed by atoms with Gasteiger partial charge in [-0.25, -0.2) is 15.0 Å². The third-order valence-corrected chi connectivity index (χ3v) is 2.68. The highest BCUT2D eigenvalue weighted by molar-refractivity contribution is 5.85. The Balaban J connectivity index is 2.39. The van der Waals surface area contributed by atoms with E-state index in [4.69, 9.17) is 5.73 Å². The third kappa shape index (κ3) is 0.968. The molecule has 1 aliphatic rings. The van der Waals surface area contributed by atoms with Crippen LogP contribution in [0.15, 0.2) is 12.4 Å². The number of hydrogen-bond donors (Lipinski definition) is 1. The SMILES string of the molecule is Nc1ncnc2nc3c(cc12)CCC3. The molecule has 14 heavy (non-hydrogen) atoms. The fraction of sp³-hybridized carbons (Fsp3) is 0.300. The first-order chi connectivity index (χ1) is 6.84. The molecule has 4 heteroatoms. The van der Waals surface area contributed by atoms with Gasteiger partial charge in [0.25, 0.3) is 0 Å². The van der Waals surface area contributed by atoms with Crippen LogP contribution in [0.2, 0.25) is 0 Å². The molecular weight excluding hydrogens is 176 g/mol. The Morgan fingerprint density at radius 2 is 2.14 bits per heavy atom. The van der Waals surface area contributed by atoms with E-state index in [1.807, 2.05) is 0 Å². The van der Waals surface area contributed by atoms with Crippen LogP contribution in [0.1, 0.15) is 17.7 Å². The van der Waals surface area contributed by atoms with Crippen LogP contribution in [-0.2, 0) is 12.8 Å². The van der Waals surface area contributed by atoms with Crippen molar-refractivity contribution >= 4 is 16.9 Å². The van der Waals surface area contributed by atoms with Crippen molar-refractivity contribution in [2.45, 2.75) is 19.3 Å². The van der Waals surface area contributed by atoms with E-state index in [0.717, 1.165) is 23.9 Å². The van der Waals surface area contributed by atoms with Gasteiger partial charge in [-0.3, -0.25) is 0 Å². The molecule has 70 valence electrons. The molecule has 0 saturated heterocycles. The van der Waals surface area contributed by atoms with E-state index in [-0.39, 0.29) is 0 Å². The topological polar surface area (TPSA) is 64.7 Å². The van der Waals surface area contributed by atoms with Gasteiger partial charge in [0.15, 0.2) is 5.65 Å². The van der Waals surface area contributed by atoms with Gasteiger partial charge in [0.1, 0.15) is 12.1 Å². The van der Waals surface area contributed by atoms with E-state index in [9.17, 15) is 0 Å². The van der Waals surface area contributed by atoms with Gasteiger partial charge in [-0.15, -0.1) is 0 Å². The summed E-state index contributed by atoms with van der Waals surface area (Å²) in [6.07, 6.45) is 4.82. The number of nitrogen functional groups attached to an aromatic ring is 1. The Bertz CT molecular complexity index is 507. The number of nitrogens with zero attached hydrogens (tertiary/aromatic N) is 3. The fourth-order valence-electron chi connectivity index (χ4n) is 1.96. The number of hydrogen-bond acceptors (Lipinski definition) is 4. The highest BCUT2D eigenvalue weighted by Gasteiger charge is 2.14. The smallest absolute Gasteiger partial charge is 0.164 e. The van der Waals surface area contributed by atoms with Crippen molar-refractivity contribution in [3.05, 3.63) is 23.7 Å². The molecule has 0 radical (unpaired) electrons. The van der Waals surface area contributed by atoms with Crippen molar-refractivity contribution in [1.29, 1.82) is 0 Å². The quantitative estimate of drug-likeness (QED) is 0.669. The van der Waals surface area contributed by atoms with Gasteiger partial charge in [-0.2, -0.15) is 0 Å². The van der Waals surface area contributed by atoms with Crippen LogP contribution in [0.5, 0.6) is 0 Å². The Labute approximate surface area is 81.2 Å². The second-order valence-corrected chi connectivity index (χ2v) is 3.58. The standard InChI is InChI=1S/C10H10N4/c11-9-7-4-6-2-1-3-8(6)14-10(7)13-5-12-9/h4-5H,1-3H2,(H2,11,12,13,14). The Morgan fingerprint density at radius 3 is 3.07 bits per heavy atom. The molecule has 4 nitrogen and oxygen atoms in total. The summed E-state index contributed by atoms with van der Waals surface area (Å²) < 4.78 is 0.